The van der Waals surface area contributed by atoms with Crippen LogP contribution in [0.3, 0.4) is 0 Å². The molecular weight excluding hydrogens is 452 g/mol. The number of fused-ring (bicyclic) bond motifs is 1. The molecule has 4 N–H and O–H groups in total. The molecule has 10 nitrogen and oxygen atoms in total. The molecule has 3 rings (SSSR count). The van der Waals surface area contributed by atoms with Crippen LogP contribution in [0.4, 0.5) is 5.69 Å². The first-order valence-corrected chi connectivity index (χ1v) is 10.9. The zero-order valence-corrected chi connectivity index (χ0v) is 19.2. The Morgan fingerprint density at radius 1 is 1.17 bits per heavy atom. The Morgan fingerprint density at radius 2 is 1.89 bits per heavy atom. The number of H-pyrrole nitrogens is 1. The number of aliphatic carboxylic acids is 2. The monoisotopic (exact) mass is 478 g/mol. The number of nitrogens with zero attached hydrogens (tertiary/aromatic N) is 2. The largest absolute Gasteiger partial charge is 0.481 e. The molecule has 0 aliphatic carbocycles. The van der Waals surface area contributed by atoms with Gasteiger partial charge in [0.2, 0.25) is 0 Å². The molecule has 0 fully saturated rings. The van der Waals surface area contributed by atoms with Gasteiger partial charge in [0, 0.05) is 30.8 Å². The van der Waals surface area contributed by atoms with Crippen molar-refractivity contribution >= 4 is 34.4 Å². The lowest BCUT2D eigenvalue weighted by Gasteiger charge is -2.24. The highest BCUT2D eigenvalue weighted by Crippen LogP contribution is 2.20. The van der Waals surface area contributed by atoms with Crippen LogP contribution >= 0.6 is 0 Å². The van der Waals surface area contributed by atoms with Gasteiger partial charge in [0.1, 0.15) is 11.9 Å². The van der Waals surface area contributed by atoms with Gasteiger partial charge in [-0.1, -0.05) is 12.1 Å². The number of rotatable bonds is 11. The molecule has 0 spiro atoms. The number of hydrogen-bond donors (Lipinski definition) is 4. The summed E-state index contributed by atoms with van der Waals surface area (Å²) in [7, 11) is 0. The van der Waals surface area contributed by atoms with E-state index in [-0.39, 0.29) is 24.0 Å². The third-order valence-electron chi connectivity index (χ3n) is 5.36. The van der Waals surface area contributed by atoms with Crippen molar-refractivity contribution in [3.05, 3.63) is 82.4 Å². The summed E-state index contributed by atoms with van der Waals surface area (Å²) in [4.78, 5) is 55.9. The van der Waals surface area contributed by atoms with Crippen LogP contribution in [0.5, 0.6) is 0 Å². The SMILES string of the molecule is C=CCN(Cc1ccc2nc(C)[nH]c(=O)c2c1)c1ccc(C(=O)N[C@@H](CCC(=O)O)C(=O)O)cc1. The summed E-state index contributed by atoms with van der Waals surface area (Å²) in [5.41, 5.74) is 2.33. The van der Waals surface area contributed by atoms with Crippen molar-refractivity contribution in [2.24, 2.45) is 0 Å². The molecule has 0 radical (unpaired) electrons. The smallest absolute Gasteiger partial charge is 0.326 e. The van der Waals surface area contributed by atoms with E-state index in [4.69, 9.17) is 5.11 Å². The van der Waals surface area contributed by atoms with Crippen LogP contribution in [0.2, 0.25) is 0 Å². The van der Waals surface area contributed by atoms with E-state index in [2.05, 4.69) is 21.9 Å². The highest BCUT2D eigenvalue weighted by Gasteiger charge is 2.21. The molecule has 35 heavy (non-hydrogen) atoms. The summed E-state index contributed by atoms with van der Waals surface area (Å²) in [6, 6.07) is 10.8. The maximum atomic E-state index is 12.5. The Balaban J connectivity index is 1.76. The Bertz CT molecular complexity index is 1320. The average molecular weight is 479 g/mol. The van der Waals surface area contributed by atoms with Crippen LogP contribution in [0.1, 0.15) is 34.6 Å². The minimum Gasteiger partial charge on any atom is -0.481 e. The number of hydrogen-bond acceptors (Lipinski definition) is 6. The van der Waals surface area contributed by atoms with Crippen LogP contribution in [0.15, 0.2) is 59.9 Å². The van der Waals surface area contributed by atoms with Crippen molar-refractivity contribution < 1.29 is 24.6 Å². The van der Waals surface area contributed by atoms with Crippen LogP contribution in [0.25, 0.3) is 10.9 Å². The van der Waals surface area contributed by atoms with Gasteiger partial charge in [-0.05, 0) is 55.3 Å². The second-order valence-corrected chi connectivity index (χ2v) is 8.02. The van der Waals surface area contributed by atoms with E-state index in [9.17, 15) is 24.3 Å². The Morgan fingerprint density at radius 3 is 2.51 bits per heavy atom. The number of nitrogens with one attached hydrogen (secondary N) is 2. The van der Waals surface area contributed by atoms with Crippen molar-refractivity contribution in [3.8, 4) is 0 Å². The predicted octanol–water partition coefficient (Wildman–Crippen LogP) is 2.47. The Labute approximate surface area is 200 Å². The van der Waals surface area contributed by atoms with Crippen LogP contribution in [0, 0.1) is 6.92 Å². The molecule has 0 aliphatic rings. The lowest BCUT2D eigenvalue weighted by atomic mass is 10.1. The van der Waals surface area contributed by atoms with E-state index in [0.717, 1.165) is 11.3 Å². The molecule has 1 atom stereocenters. The van der Waals surface area contributed by atoms with Gasteiger partial charge in [0.05, 0.1) is 10.9 Å². The lowest BCUT2D eigenvalue weighted by Crippen LogP contribution is -2.41. The third kappa shape index (κ3) is 6.53. The Hall–Kier alpha value is -4.47. The van der Waals surface area contributed by atoms with E-state index in [1.807, 2.05) is 11.0 Å². The maximum absolute atomic E-state index is 12.5. The van der Waals surface area contributed by atoms with Crippen LogP contribution in [-0.2, 0) is 16.1 Å². The first-order valence-electron chi connectivity index (χ1n) is 10.9. The fraction of sp³-hybridized carbons (Fsp3) is 0.240. The van der Waals surface area contributed by atoms with E-state index in [0.29, 0.717) is 29.8 Å². The first-order chi connectivity index (χ1) is 16.7. The quantitative estimate of drug-likeness (QED) is 0.307. The second-order valence-electron chi connectivity index (χ2n) is 8.02. The molecule has 0 unspecified atom stereocenters. The van der Waals surface area contributed by atoms with E-state index >= 15 is 0 Å². The molecule has 10 heteroatoms. The van der Waals surface area contributed by atoms with Crippen molar-refractivity contribution in [3.63, 3.8) is 0 Å². The summed E-state index contributed by atoms with van der Waals surface area (Å²) in [5, 5.41) is 20.9. The minimum absolute atomic E-state index is 0.206. The summed E-state index contributed by atoms with van der Waals surface area (Å²) in [6.45, 7) is 6.49. The lowest BCUT2D eigenvalue weighted by molar-refractivity contribution is -0.140. The molecule has 0 saturated carbocycles. The van der Waals surface area contributed by atoms with E-state index in [1.54, 1.807) is 49.4 Å². The molecule has 0 bridgehead atoms. The number of anilines is 1. The molecule has 1 heterocycles. The number of amides is 1. The molecule has 2 aromatic carbocycles. The van der Waals surface area contributed by atoms with Crippen LogP contribution in [-0.4, -0.2) is 50.6 Å². The van der Waals surface area contributed by atoms with Crippen molar-refractivity contribution in [2.45, 2.75) is 32.4 Å². The molecule has 3 aromatic rings. The number of carbonyl (C=O) groups is 3. The molecular formula is C25H26N4O6. The molecule has 1 aromatic heterocycles. The minimum atomic E-state index is -1.30. The van der Waals surface area contributed by atoms with Gasteiger partial charge in [0.25, 0.3) is 11.5 Å². The fourth-order valence-corrected chi connectivity index (χ4v) is 3.63. The molecule has 0 aliphatic heterocycles. The van der Waals surface area contributed by atoms with Gasteiger partial charge in [0.15, 0.2) is 0 Å². The van der Waals surface area contributed by atoms with Gasteiger partial charge in [-0.3, -0.25) is 14.4 Å². The van der Waals surface area contributed by atoms with Gasteiger partial charge in [-0.25, -0.2) is 9.78 Å². The number of carboxylic acids is 2. The number of aromatic nitrogens is 2. The number of carboxylic acid groups (broad SMARTS) is 2. The summed E-state index contributed by atoms with van der Waals surface area (Å²) in [5.74, 6) is -2.50. The normalized spacial score (nSPS) is 11.6. The molecule has 0 saturated heterocycles. The van der Waals surface area contributed by atoms with Crippen molar-refractivity contribution in [1.29, 1.82) is 0 Å². The highest BCUT2D eigenvalue weighted by molar-refractivity contribution is 5.97. The zero-order valence-electron chi connectivity index (χ0n) is 19.2. The highest BCUT2D eigenvalue weighted by atomic mass is 16.4. The predicted molar refractivity (Wildman–Crippen MR) is 131 cm³/mol. The van der Waals surface area contributed by atoms with Gasteiger partial charge in [-0.15, -0.1) is 6.58 Å². The second kappa shape index (κ2) is 11.1. The summed E-state index contributed by atoms with van der Waals surface area (Å²) < 4.78 is 0. The van der Waals surface area contributed by atoms with Gasteiger partial charge >= 0.3 is 11.9 Å². The van der Waals surface area contributed by atoms with E-state index < -0.39 is 23.9 Å². The number of carbonyl (C=O) groups excluding carboxylic acids is 1. The topological polar surface area (TPSA) is 153 Å². The standard InChI is InChI=1S/C25H26N4O6/c1-3-12-29(14-16-4-9-20-19(13-16)24(33)27-15(2)26-20)18-7-5-17(6-8-18)23(32)28-21(25(34)35)10-11-22(30)31/h3-9,13,21H,1,10-12,14H2,2H3,(H,28,32)(H,30,31)(H,34,35)(H,26,27,33)/t21-/m0/s1. The molecule has 182 valence electrons. The van der Waals surface area contributed by atoms with Gasteiger partial charge in [-0.2, -0.15) is 0 Å². The number of benzene rings is 2. The maximum Gasteiger partial charge on any atom is 0.326 e. The third-order valence-corrected chi connectivity index (χ3v) is 5.36. The first kappa shape index (κ1) is 25.2. The van der Waals surface area contributed by atoms with Gasteiger partial charge < -0.3 is 25.4 Å². The van der Waals surface area contributed by atoms with E-state index in [1.165, 1.54) is 0 Å². The average Bonchev–Trinajstić information content (AvgIpc) is 2.81. The van der Waals surface area contributed by atoms with Crippen molar-refractivity contribution in [1.82, 2.24) is 15.3 Å². The Kier molecular flexibility index (Phi) is 7.98. The van der Waals surface area contributed by atoms with Crippen molar-refractivity contribution in [2.75, 3.05) is 11.4 Å². The number of aryl methyl sites for hydroxylation is 1. The fourth-order valence-electron chi connectivity index (χ4n) is 3.63. The summed E-state index contributed by atoms with van der Waals surface area (Å²) in [6.07, 6.45) is 1.15. The summed E-state index contributed by atoms with van der Waals surface area (Å²) >= 11 is 0. The van der Waals surface area contributed by atoms with Crippen LogP contribution < -0.4 is 15.8 Å². The number of aromatic amines is 1. The zero-order chi connectivity index (χ0) is 25.5. The molecule has 1 amide bonds.